The first-order valence-electron chi connectivity index (χ1n) is 7.94. The predicted octanol–water partition coefficient (Wildman–Crippen LogP) is 2.86. The molecule has 0 unspecified atom stereocenters. The number of benzene rings is 1. The Morgan fingerprint density at radius 2 is 2.12 bits per heavy atom. The number of hydrogen-bond donors (Lipinski definition) is 2. The van der Waals surface area contributed by atoms with E-state index >= 15 is 0 Å². The summed E-state index contributed by atoms with van der Waals surface area (Å²) < 4.78 is 14.4. The highest BCUT2D eigenvalue weighted by Gasteiger charge is 2.30. The molecule has 26 heavy (non-hydrogen) atoms. The Hall–Kier alpha value is -2.46. The van der Waals surface area contributed by atoms with Crippen molar-refractivity contribution in [3.8, 4) is 11.3 Å². The summed E-state index contributed by atoms with van der Waals surface area (Å²) in [6, 6.07) is 6.06. The van der Waals surface area contributed by atoms with E-state index in [0.29, 0.717) is 21.9 Å². The Bertz CT molecular complexity index is 935. The minimum Gasteiger partial charge on any atom is -0.336 e. The van der Waals surface area contributed by atoms with E-state index in [1.165, 1.54) is 39.9 Å². The molecule has 134 valence electrons. The van der Waals surface area contributed by atoms with E-state index < -0.39 is 0 Å². The Kier molecular flexibility index (Phi) is 4.60. The first-order chi connectivity index (χ1) is 12.6. The second-order valence-corrected chi connectivity index (χ2v) is 7.67. The van der Waals surface area contributed by atoms with Gasteiger partial charge in [0.15, 0.2) is 11.0 Å². The average Bonchev–Trinajstić information content (AvgIpc) is 3.25. The third-order valence-corrected chi connectivity index (χ3v) is 5.56. The largest absolute Gasteiger partial charge is 0.336 e. The van der Waals surface area contributed by atoms with Gasteiger partial charge in [0.2, 0.25) is 11.1 Å². The summed E-state index contributed by atoms with van der Waals surface area (Å²) in [6.45, 7) is 0. The Labute approximate surface area is 156 Å². The molecule has 2 heterocycles. The number of thioether (sulfide) groups is 1. The van der Waals surface area contributed by atoms with Crippen LogP contribution < -0.4 is 11.2 Å². The molecule has 0 bridgehead atoms. The lowest BCUT2D eigenvalue weighted by Crippen LogP contribution is -2.17. The summed E-state index contributed by atoms with van der Waals surface area (Å²) in [5.74, 6) is 6.79. The SMILES string of the molecule is Nn1c(SCC(=O)Nc2nc(-c3ccc(F)cc3)cs2)nnc1C1CC1. The van der Waals surface area contributed by atoms with E-state index in [2.05, 4.69) is 20.5 Å². The van der Waals surface area contributed by atoms with Crippen LogP contribution in [0.1, 0.15) is 24.6 Å². The van der Waals surface area contributed by atoms with Gasteiger partial charge in [0, 0.05) is 16.9 Å². The fraction of sp³-hybridized carbons (Fsp3) is 0.250. The maximum absolute atomic E-state index is 13.0. The number of nitrogens with two attached hydrogens (primary N) is 1. The minimum atomic E-state index is -0.299. The van der Waals surface area contributed by atoms with Gasteiger partial charge in [-0.2, -0.15) is 0 Å². The van der Waals surface area contributed by atoms with Crippen molar-refractivity contribution in [2.45, 2.75) is 23.9 Å². The van der Waals surface area contributed by atoms with Crippen LogP contribution in [0.2, 0.25) is 0 Å². The number of carbonyl (C=O) groups excluding carboxylic acids is 1. The van der Waals surface area contributed by atoms with Crippen LogP contribution in [-0.2, 0) is 4.79 Å². The second kappa shape index (κ2) is 7.04. The molecule has 2 aromatic heterocycles. The summed E-state index contributed by atoms with van der Waals surface area (Å²) in [7, 11) is 0. The van der Waals surface area contributed by atoms with Crippen LogP contribution in [0.15, 0.2) is 34.8 Å². The van der Waals surface area contributed by atoms with Crippen LogP contribution in [0.25, 0.3) is 11.3 Å². The highest BCUT2D eigenvalue weighted by Crippen LogP contribution is 2.39. The van der Waals surface area contributed by atoms with Crippen LogP contribution in [0.4, 0.5) is 9.52 Å². The van der Waals surface area contributed by atoms with Gasteiger partial charge in [-0.25, -0.2) is 14.1 Å². The maximum Gasteiger partial charge on any atom is 0.236 e. The molecule has 0 atom stereocenters. The Balaban J connectivity index is 1.34. The molecule has 1 aliphatic rings. The van der Waals surface area contributed by atoms with E-state index in [-0.39, 0.29) is 17.5 Å². The number of nitrogen functional groups attached to an aromatic ring is 1. The monoisotopic (exact) mass is 390 g/mol. The molecule has 3 aromatic rings. The van der Waals surface area contributed by atoms with Gasteiger partial charge in [-0.1, -0.05) is 11.8 Å². The Morgan fingerprint density at radius 3 is 2.85 bits per heavy atom. The highest BCUT2D eigenvalue weighted by molar-refractivity contribution is 7.99. The number of amides is 1. The van der Waals surface area contributed by atoms with Gasteiger partial charge in [0.05, 0.1) is 11.4 Å². The first kappa shape index (κ1) is 17.0. The number of hydrogen-bond acceptors (Lipinski definition) is 7. The van der Waals surface area contributed by atoms with Crippen molar-refractivity contribution in [3.05, 3.63) is 41.3 Å². The van der Waals surface area contributed by atoms with Crippen molar-refractivity contribution in [3.63, 3.8) is 0 Å². The van der Waals surface area contributed by atoms with E-state index in [9.17, 15) is 9.18 Å². The fourth-order valence-corrected chi connectivity index (χ4v) is 3.78. The zero-order valence-corrected chi connectivity index (χ0v) is 15.2. The molecule has 3 N–H and O–H groups in total. The molecule has 1 saturated carbocycles. The van der Waals surface area contributed by atoms with Gasteiger partial charge in [-0.3, -0.25) is 4.79 Å². The third kappa shape index (κ3) is 3.70. The third-order valence-electron chi connectivity index (χ3n) is 3.86. The van der Waals surface area contributed by atoms with Crippen LogP contribution in [0, 0.1) is 5.82 Å². The van der Waals surface area contributed by atoms with E-state index in [1.54, 1.807) is 12.1 Å². The standard InChI is InChI=1S/C16H15FN6OS2/c17-11-5-3-9(4-6-11)12-7-25-15(19-12)20-13(24)8-26-16-22-21-14(23(16)18)10-1-2-10/h3-7,10H,1-2,8,18H2,(H,19,20,24). The predicted molar refractivity (Wildman–Crippen MR) is 99.0 cm³/mol. The molecular weight excluding hydrogens is 375 g/mol. The van der Waals surface area contributed by atoms with Gasteiger partial charge < -0.3 is 11.2 Å². The number of aromatic nitrogens is 4. The molecular formula is C16H15FN6OS2. The van der Waals surface area contributed by atoms with Crippen molar-refractivity contribution in [1.29, 1.82) is 0 Å². The van der Waals surface area contributed by atoms with Crippen molar-refractivity contribution < 1.29 is 9.18 Å². The number of carbonyl (C=O) groups is 1. The molecule has 0 aliphatic heterocycles. The van der Waals surface area contributed by atoms with Gasteiger partial charge in [0.25, 0.3) is 0 Å². The number of nitrogens with one attached hydrogen (secondary N) is 1. The molecule has 1 aliphatic carbocycles. The number of halogens is 1. The molecule has 10 heteroatoms. The lowest BCUT2D eigenvalue weighted by Gasteiger charge is -2.03. The molecule has 0 spiro atoms. The zero-order valence-electron chi connectivity index (χ0n) is 13.6. The smallest absolute Gasteiger partial charge is 0.236 e. The van der Waals surface area contributed by atoms with Gasteiger partial charge in [-0.15, -0.1) is 21.5 Å². The number of rotatable bonds is 6. The van der Waals surface area contributed by atoms with E-state index in [4.69, 9.17) is 5.84 Å². The summed E-state index contributed by atoms with van der Waals surface area (Å²) in [5, 5.41) is 13.7. The molecule has 7 nitrogen and oxygen atoms in total. The van der Waals surface area contributed by atoms with Crippen LogP contribution in [0.3, 0.4) is 0 Å². The average molecular weight is 390 g/mol. The lowest BCUT2D eigenvalue weighted by molar-refractivity contribution is -0.113. The number of nitrogens with zero attached hydrogens (tertiary/aromatic N) is 4. The minimum absolute atomic E-state index is 0.158. The van der Waals surface area contributed by atoms with Crippen molar-refractivity contribution in [2.75, 3.05) is 16.9 Å². The second-order valence-electron chi connectivity index (χ2n) is 5.87. The van der Waals surface area contributed by atoms with E-state index in [0.717, 1.165) is 24.2 Å². The molecule has 1 amide bonds. The number of anilines is 1. The van der Waals surface area contributed by atoms with Gasteiger partial charge in [0.1, 0.15) is 5.82 Å². The topological polar surface area (TPSA) is 98.7 Å². The molecule has 4 rings (SSSR count). The zero-order chi connectivity index (χ0) is 18.1. The molecule has 1 fully saturated rings. The Morgan fingerprint density at radius 1 is 1.35 bits per heavy atom. The van der Waals surface area contributed by atoms with Crippen LogP contribution in [-0.4, -0.2) is 31.5 Å². The first-order valence-corrected chi connectivity index (χ1v) is 9.81. The van der Waals surface area contributed by atoms with Gasteiger partial charge in [-0.05, 0) is 37.1 Å². The summed E-state index contributed by atoms with van der Waals surface area (Å²) >= 11 is 2.55. The van der Waals surface area contributed by atoms with Gasteiger partial charge >= 0.3 is 0 Å². The molecule has 0 radical (unpaired) electrons. The fourth-order valence-electron chi connectivity index (χ4n) is 2.38. The van der Waals surface area contributed by atoms with Crippen LogP contribution in [0.5, 0.6) is 0 Å². The highest BCUT2D eigenvalue weighted by atomic mass is 32.2. The van der Waals surface area contributed by atoms with Crippen LogP contribution >= 0.6 is 23.1 Å². The lowest BCUT2D eigenvalue weighted by atomic mass is 10.2. The summed E-state index contributed by atoms with van der Waals surface area (Å²) in [6.07, 6.45) is 2.17. The van der Waals surface area contributed by atoms with E-state index in [1.807, 2.05) is 5.38 Å². The number of thiazole rings is 1. The molecule has 1 aromatic carbocycles. The van der Waals surface area contributed by atoms with Crippen molar-refractivity contribution in [2.24, 2.45) is 0 Å². The van der Waals surface area contributed by atoms with Crippen molar-refractivity contribution in [1.82, 2.24) is 19.9 Å². The van der Waals surface area contributed by atoms with Crippen molar-refractivity contribution >= 4 is 34.1 Å². The molecule has 0 saturated heterocycles. The normalized spacial score (nSPS) is 13.7. The maximum atomic E-state index is 13.0. The summed E-state index contributed by atoms with van der Waals surface area (Å²) in [5.41, 5.74) is 1.48. The quantitative estimate of drug-likeness (QED) is 0.496. The summed E-state index contributed by atoms with van der Waals surface area (Å²) in [4.78, 5) is 16.5.